The second kappa shape index (κ2) is 8.67. The fourth-order valence-electron chi connectivity index (χ4n) is 1.81. The lowest BCUT2D eigenvalue weighted by molar-refractivity contribution is 1.37. The van der Waals surface area contributed by atoms with Crippen molar-refractivity contribution in [3.8, 4) is 0 Å². The quantitative estimate of drug-likeness (QED) is 0.421. The average molecular weight is 327 g/mol. The molecule has 112 valence electrons. The van der Waals surface area contributed by atoms with E-state index in [1.807, 2.05) is 42.5 Å². The molecule has 0 radical (unpaired) electrons. The van der Waals surface area contributed by atoms with Gasteiger partial charge in [-0.2, -0.15) is 0 Å². The van der Waals surface area contributed by atoms with Crippen LogP contribution in [0.1, 0.15) is 19.4 Å². The molecule has 22 heavy (non-hydrogen) atoms. The fourth-order valence-corrected chi connectivity index (χ4v) is 2.81. The predicted molar refractivity (Wildman–Crippen MR) is 100 cm³/mol. The van der Waals surface area contributed by atoms with E-state index < -0.39 is 0 Å². The lowest BCUT2D eigenvalue weighted by Gasteiger charge is -2.05. The van der Waals surface area contributed by atoms with Crippen molar-refractivity contribution in [2.45, 2.75) is 18.7 Å². The minimum absolute atomic E-state index is 0.768. The van der Waals surface area contributed by atoms with Crippen LogP contribution in [0.25, 0.3) is 6.08 Å². The van der Waals surface area contributed by atoms with Crippen LogP contribution in [0.5, 0.6) is 0 Å². The average Bonchev–Trinajstić information content (AvgIpc) is 2.53. The number of allylic oxidation sites excluding steroid dienone is 4. The molecular weight excluding hydrogens is 308 g/mol. The van der Waals surface area contributed by atoms with Gasteiger partial charge in [0.1, 0.15) is 0 Å². The Morgan fingerprint density at radius 2 is 1.59 bits per heavy atom. The third-order valence-corrected chi connectivity index (χ3v) is 4.51. The van der Waals surface area contributed by atoms with Gasteiger partial charge in [0, 0.05) is 14.8 Å². The van der Waals surface area contributed by atoms with Crippen molar-refractivity contribution >= 4 is 29.4 Å². The van der Waals surface area contributed by atoms with Gasteiger partial charge in [-0.1, -0.05) is 77.5 Å². The van der Waals surface area contributed by atoms with E-state index in [9.17, 15) is 0 Å². The zero-order valence-electron chi connectivity index (χ0n) is 12.8. The van der Waals surface area contributed by atoms with E-state index in [4.69, 9.17) is 11.6 Å². The van der Waals surface area contributed by atoms with Crippen molar-refractivity contribution in [1.82, 2.24) is 0 Å². The Labute approximate surface area is 142 Å². The summed E-state index contributed by atoms with van der Waals surface area (Å²) in [7, 11) is 0. The first kappa shape index (κ1) is 16.7. The molecule has 0 fully saturated rings. The van der Waals surface area contributed by atoms with E-state index in [1.54, 1.807) is 11.8 Å². The van der Waals surface area contributed by atoms with Crippen LogP contribution >= 0.6 is 23.4 Å². The number of hydrogen-bond acceptors (Lipinski definition) is 1. The Hall–Kier alpha value is -1.70. The maximum absolute atomic E-state index is 5.93. The highest BCUT2D eigenvalue weighted by Gasteiger charge is 1.99. The molecule has 0 heterocycles. The van der Waals surface area contributed by atoms with E-state index in [0.717, 1.165) is 5.02 Å². The highest BCUT2D eigenvalue weighted by atomic mass is 35.5. The standard InChI is InChI=1S/C20H19ClS/c1-16(2)20(22-19-14-12-18(21)13-15-19)11-7-6-10-17-8-4-3-5-9-17/h3-15H,1-2H3/b10-6+,11-7+. The largest absolute Gasteiger partial charge is 0.0902 e. The Bertz CT molecular complexity index is 675. The van der Waals surface area contributed by atoms with Crippen LogP contribution in [-0.2, 0) is 0 Å². The topological polar surface area (TPSA) is 0 Å². The molecule has 0 bridgehead atoms. The van der Waals surface area contributed by atoms with Gasteiger partial charge in [0.15, 0.2) is 0 Å². The molecule has 0 aliphatic carbocycles. The van der Waals surface area contributed by atoms with Gasteiger partial charge in [-0.05, 0) is 49.8 Å². The third kappa shape index (κ3) is 5.59. The minimum Gasteiger partial charge on any atom is -0.0902 e. The summed E-state index contributed by atoms with van der Waals surface area (Å²) >= 11 is 7.68. The van der Waals surface area contributed by atoms with Crippen LogP contribution in [0.15, 0.2) is 88.2 Å². The van der Waals surface area contributed by atoms with Crippen molar-refractivity contribution in [2.75, 3.05) is 0 Å². The second-order valence-electron chi connectivity index (χ2n) is 5.05. The molecule has 0 aliphatic heterocycles. The summed E-state index contributed by atoms with van der Waals surface area (Å²) in [5.41, 5.74) is 2.50. The molecular formula is C20H19ClS. The van der Waals surface area contributed by atoms with Crippen LogP contribution in [0.2, 0.25) is 5.02 Å². The van der Waals surface area contributed by atoms with Crippen molar-refractivity contribution in [1.29, 1.82) is 0 Å². The van der Waals surface area contributed by atoms with Gasteiger partial charge < -0.3 is 0 Å². The van der Waals surface area contributed by atoms with Crippen LogP contribution in [0.3, 0.4) is 0 Å². The molecule has 0 N–H and O–H groups in total. The highest BCUT2D eigenvalue weighted by molar-refractivity contribution is 8.03. The molecule has 0 aromatic heterocycles. The second-order valence-corrected chi connectivity index (χ2v) is 6.60. The SMILES string of the molecule is CC(C)=C(/C=C/C=C/c1ccccc1)Sc1ccc(Cl)cc1. The molecule has 0 aliphatic rings. The van der Waals surface area contributed by atoms with Crippen LogP contribution < -0.4 is 0 Å². The fraction of sp³-hybridized carbons (Fsp3) is 0.100. The van der Waals surface area contributed by atoms with Crippen LogP contribution in [0, 0.1) is 0 Å². The Morgan fingerprint density at radius 3 is 2.23 bits per heavy atom. The molecule has 2 rings (SSSR count). The van der Waals surface area contributed by atoms with Gasteiger partial charge in [-0.25, -0.2) is 0 Å². The van der Waals surface area contributed by atoms with E-state index in [0.29, 0.717) is 0 Å². The highest BCUT2D eigenvalue weighted by Crippen LogP contribution is 2.30. The lowest BCUT2D eigenvalue weighted by Crippen LogP contribution is -1.78. The first-order valence-electron chi connectivity index (χ1n) is 7.16. The van der Waals surface area contributed by atoms with Crippen molar-refractivity contribution in [3.63, 3.8) is 0 Å². The normalized spacial score (nSPS) is 11.2. The van der Waals surface area contributed by atoms with Gasteiger partial charge in [0.05, 0.1) is 0 Å². The summed E-state index contributed by atoms with van der Waals surface area (Å²) < 4.78 is 0. The molecule has 0 saturated carbocycles. The summed E-state index contributed by atoms with van der Waals surface area (Å²) in [6, 6.07) is 18.2. The first-order valence-corrected chi connectivity index (χ1v) is 8.35. The smallest absolute Gasteiger partial charge is 0.0406 e. The predicted octanol–water partition coefficient (Wildman–Crippen LogP) is 7.00. The van der Waals surface area contributed by atoms with Gasteiger partial charge >= 0.3 is 0 Å². The zero-order chi connectivity index (χ0) is 15.8. The van der Waals surface area contributed by atoms with Crippen molar-refractivity contribution < 1.29 is 0 Å². The summed E-state index contributed by atoms with van der Waals surface area (Å²) in [5, 5.41) is 0.768. The van der Waals surface area contributed by atoms with E-state index in [-0.39, 0.29) is 0 Å². The van der Waals surface area contributed by atoms with Gasteiger partial charge in [-0.15, -0.1) is 0 Å². The first-order chi connectivity index (χ1) is 10.6. The van der Waals surface area contributed by atoms with E-state index >= 15 is 0 Å². The molecule has 0 unspecified atom stereocenters. The minimum atomic E-state index is 0.768. The molecule has 0 spiro atoms. The number of rotatable bonds is 5. The summed E-state index contributed by atoms with van der Waals surface area (Å²) in [5.74, 6) is 0. The number of thioether (sulfide) groups is 1. The van der Waals surface area contributed by atoms with Crippen LogP contribution in [0.4, 0.5) is 0 Å². The lowest BCUT2D eigenvalue weighted by atomic mass is 10.2. The number of benzene rings is 2. The van der Waals surface area contributed by atoms with Gasteiger partial charge in [0.2, 0.25) is 0 Å². The van der Waals surface area contributed by atoms with Gasteiger partial charge in [-0.3, -0.25) is 0 Å². The van der Waals surface area contributed by atoms with Gasteiger partial charge in [0.25, 0.3) is 0 Å². The molecule has 2 heteroatoms. The monoisotopic (exact) mass is 326 g/mol. The van der Waals surface area contributed by atoms with Crippen molar-refractivity contribution in [2.24, 2.45) is 0 Å². The number of hydrogen-bond donors (Lipinski definition) is 0. The maximum Gasteiger partial charge on any atom is 0.0406 e. The Morgan fingerprint density at radius 1 is 0.909 bits per heavy atom. The molecule has 0 amide bonds. The van der Waals surface area contributed by atoms with Crippen molar-refractivity contribution in [3.05, 3.63) is 93.9 Å². The van der Waals surface area contributed by atoms with E-state index in [2.05, 4.69) is 50.3 Å². The van der Waals surface area contributed by atoms with Crippen LogP contribution in [-0.4, -0.2) is 0 Å². The third-order valence-electron chi connectivity index (χ3n) is 2.98. The van der Waals surface area contributed by atoms with E-state index in [1.165, 1.54) is 20.9 Å². The summed E-state index contributed by atoms with van der Waals surface area (Å²) in [4.78, 5) is 2.44. The zero-order valence-corrected chi connectivity index (χ0v) is 14.4. The molecule has 0 saturated heterocycles. The molecule has 0 nitrogen and oxygen atoms in total. The number of halogens is 1. The molecule has 2 aromatic carbocycles. The Kier molecular flexibility index (Phi) is 6.57. The summed E-state index contributed by atoms with van der Waals surface area (Å²) in [6.45, 7) is 4.26. The maximum atomic E-state index is 5.93. The Balaban J connectivity index is 2.03. The summed E-state index contributed by atoms with van der Waals surface area (Å²) in [6.07, 6.45) is 8.40. The molecule has 2 aromatic rings. The molecule has 0 atom stereocenters.